The molecule has 1 atom stereocenters. The molecule has 4 heteroatoms. The van der Waals surface area contributed by atoms with Gasteiger partial charge in [-0.2, -0.15) is 0 Å². The predicted octanol–water partition coefficient (Wildman–Crippen LogP) is 2.28. The predicted molar refractivity (Wildman–Crippen MR) is 49.4 cm³/mol. The van der Waals surface area contributed by atoms with Gasteiger partial charge >= 0.3 is 5.97 Å². The van der Waals surface area contributed by atoms with Gasteiger partial charge in [-0.15, -0.1) is 0 Å². The highest BCUT2D eigenvalue weighted by Gasteiger charge is 2.26. The number of aliphatic hydroxyl groups excluding tert-OH is 1. The topological polar surface area (TPSA) is 46.5 Å². The van der Waals surface area contributed by atoms with E-state index in [4.69, 9.17) is 16.3 Å². The van der Waals surface area contributed by atoms with Crippen molar-refractivity contribution in [3.8, 4) is 0 Å². The lowest BCUT2D eigenvalue weighted by atomic mass is 10.0. The summed E-state index contributed by atoms with van der Waals surface area (Å²) in [5.41, 5.74) is 2.36. The van der Waals surface area contributed by atoms with Crippen molar-refractivity contribution in [2.75, 3.05) is 0 Å². The van der Waals surface area contributed by atoms with Crippen LogP contribution in [0.4, 0.5) is 0 Å². The standard InChI is InChI=1S/C9H11ClO3/c1-5(4-10)8-3-7(11)6(2)9(12)13-8/h4,8,11H,3H2,1-2H3. The summed E-state index contributed by atoms with van der Waals surface area (Å²) < 4.78 is 5.01. The molecule has 0 aromatic heterocycles. The van der Waals surface area contributed by atoms with Crippen LogP contribution in [0.5, 0.6) is 0 Å². The van der Waals surface area contributed by atoms with Crippen LogP contribution in [0, 0.1) is 0 Å². The first kappa shape index (κ1) is 10.1. The quantitative estimate of drug-likeness (QED) is 0.664. The molecule has 1 aliphatic rings. The molecular weight excluding hydrogens is 192 g/mol. The summed E-state index contributed by atoms with van der Waals surface area (Å²) in [6.45, 7) is 3.28. The second-order valence-electron chi connectivity index (χ2n) is 3.02. The van der Waals surface area contributed by atoms with Crippen LogP contribution < -0.4 is 0 Å². The smallest absolute Gasteiger partial charge is 0.337 e. The average molecular weight is 203 g/mol. The van der Waals surface area contributed by atoms with Gasteiger partial charge in [-0.25, -0.2) is 4.79 Å². The van der Waals surface area contributed by atoms with Gasteiger partial charge in [-0.3, -0.25) is 0 Å². The van der Waals surface area contributed by atoms with Gasteiger partial charge in [0.25, 0.3) is 0 Å². The van der Waals surface area contributed by atoms with Gasteiger partial charge in [-0.05, 0) is 19.4 Å². The molecule has 0 bridgehead atoms. The van der Waals surface area contributed by atoms with Gasteiger partial charge in [0.1, 0.15) is 11.9 Å². The number of hydrogen-bond acceptors (Lipinski definition) is 3. The molecule has 0 aliphatic carbocycles. The molecular formula is C9H11ClO3. The van der Waals surface area contributed by atoms with Crippen molar-refractivity contribution in [1.82, 2.24) is 0 Å². The highest BCUT2D eigenvalue weighted by Crippen LogP contribution is 2.24. The SMILES string of the molecule is CC(=CCl)C1CC(O)=C(C)C(=O)O1. The van der Waals surface area contributed by atoms with Crippen LogP contribution in [0.1, 0.15) is 20.3 Å². The Hall–Kier alpha value is -0.960. The van der Waals surface area contributed by atoms with Crippen molar-refractivity contribution in [3.63, 3.8) is 0 Å². The molecule has 0 saturated carbocycles. The number of rotatable bonds is 1. The van der Waals surface area contributed by atoms with E-state index in [9.17, 15) is 9.90 Å². The van der Waals surface area contributed by atoms with Gasteiger partial charge in [0.15, 0.2) is 0 Å². The highest BCUT2D eigenvalue weighted by atomic mass is 35.5. The van der Waals surface area contributed by atoms with Crippen molar-refractivity contribution < 1.29 is 14.6 Å². The molecule has 0 amide bonds. The lowest BCUT2D eigenvalue weighted by molar-refractivity contribution is -0.144. The van der Waals surface area contributed by atoms with Gasteiger partial charge < -0.3 is 9.84 Å². The van der Waals surface area contributed by atoms with Gasteiger partial charge in [0, 0.05) is 12.0 Å². The van der Waals surface area contributed by atoms with E-state index in [2.05, 4.69) is 0 Å². The maximum atomic E-state index is 11.1. The van der Waals surface area contributed by atoms with E-state index in [0.29, 0.717) is 6.42 Å². The summed E-state index contributed by atoms with van der Waals surface area (Å²) in [5, 5.41) is 9.37. The molecule has 1 heterocycles. The summed E-state index contributed by atoms with van der Waals surface area (Å²) in [5.74, 6) is -0.397. The van der Waals surface area contributed by atoms with Crippen molar-refractivity contribution >= 4 is 17.6 Å². The van der Waals surface area contributed by atoms with Crippen LogP contribution >= 0.6 is 11.6 Å². The number of hydrogen-bond donors (Lipinski definition) is 1. The lowest BCUT2D eigenvalue weighted by Gasteiger charge is -2.23. The van der Waals surface area contributed by atoms with Crippen LogP contribution in [0.2, 0.25) is 0 Å². The van der Waals surface area contributed by atoms with E-state index < -0.39 is 12.1 Å². The molecule has 3 nitrogen and oxygen atoms in total. The monoisotopic (exact) mass is 202 g/mol. The zero-order valence-corrected chi connectivity index (χ0v) is 8.26. The molecule has 13 heavy (non-hydrogen) atoms. The number of aliphatic hydroxyl groups is 1. The molecule has 0 fully saturated rings. The van der Waals surface area contributed by atoms with E-state index in [-0.39, 0.29) is 11.3 Å². The molecule has 0 radical (unpaired) electrons. The zero-order valence-electron chi connectivity index (χ0n) is 7.50. The summed E-state index contributed by atoms with van der Waals surface area (Å²) in [6.07, 6.45) is -0.110. The third-order valence-corrected chi connectivity index (χ3v) is 2.39. The second kappa shape index (κ2) is 3.83. The molecule has 0 saturated heterocycles. The number of carbonyl (C=O) groups excluding carboxylic acids is 1. The van der Waals surface area contributed by atoms with Gasteiger partial charge in [0.2, 0.25) is 0 Å². The Labute approximate surface area is 81.6 Å². The number of halogens is 1. The Bertz CT molecular complexity index is 291. The van der Waals surface area contributed by atoms with Crippen LogP contribution in [-0.4, -0.2) is 17.2 Å². The molecule has 1 rings (SSSR count). The number of esters is 1. The fourth-order valence-corrected chi connectivity index (χ4v) is 1.17. The first-order valence-electron chi connectivity index (χ1n) is 3.92. The Kier molecular flexibility index (Phi) is 2.98. The maximum absolute atomic E-state index is 11.1. The van der Waals surface area contributed by atoms with Crippen LogP contribution in [0.15, 0.2) is 22.4 Å². The minimum absolute atomic E-state index is 0.0825. The van der Waals surface area contributed by atoms with Crippen LogP contribution in [0.3, 0.4) is 0 Å². The highest BCUT2D eigenvalue weighted by molar-refractivity contribution is 6.25. The molecule has 1 N–H and O–H groups in total. The first-order chi connectivity index (χ1) is 6.06. The minimum Gasteiger partial charge on any atom is -0.512 e. The Balaban J connectivity index is 2.86. The molecule has 0 aromatic rings. The second-order valence-corrected chi connectivity index (χ2v) is 3.24. The molecule has 1 aliphatic heterocycles. The number of carbonyl (C=O) groups is 1. The molecule has 0 aromatic carbocycles. The van der Waals surface area contributed by atoms with E-state index in [1.807, 2.05) is 0 Å². The Morgan fingerprint density at radius 2 is 2.38 bits per heavy atom. The van der Waals surface area contributed by atoms with Crippen molar-refractivity contribution in [2.45, 2.75) is 26.4 Å². The normalized spacial score (nSPS) is 24.7. The zero-order chi connectivity index (χ0) is 10.0. The van der Waals surface area contributed by atoms with E-state index in [0.717, 1.165) is 5.57 Å². The average Bonchev–Trinajstić information content (AvgIpc) is 2.12. The minimum atomic E-state index is -0.480. The fraction of sp³-hybridized carbons (Fsp3) is 0.444. The maximum Gasteiger partial charge on any atom is 0.337 e. The van der Waals surface area contributed by atoms with Crippen LogP contribution in [-0.2, 0) is 9.53 Å². The van der Waals surface area contributed by atoms with E-state index in [1.54, 1.807) is 6.92 Å². The first-order valence-corrected chi connectivity index (χ1v) is 4.36. The van der Waals surface area contributed by atoms with E-state index >= 15 is 0 Å². The Morgan fingerprint density at radius 3 is 2.85 bits per heavy atom. The van der Waals surface area contributed by atoms with Gasteiger partial charge in [-0.1, -0.05) is 11.6 Å². The van der Waals surface area contributed by atoms with Gasteiger partial charge in [0.05, 0.1) is 5.57 Å². The van der Waals surface area contributed by atoms with Crippen molar-refractivity contribution in [2.24, 2.45) is 0 Å². The molecule has 1 unspecified atom stereocenters. The number of cyclic esters (lactones) is 1. The third kappa shape index (κ3) is 2.04. The molecule has 72 valence electrons. The molecule has 0 spiro atoms. The fourth-order valence-electron chi connectivity index (χ4n) is 1.03. The van der Waals surface area contributed by atoms with E-state index in [1.165, 1.54) is 12.5 Å². The Morgan fingerprint density at radius 1 is 1.77 bits per heavy atom. The summed E-state index contributed by atoms with van der Waals surface area (Å²) in [6, 6.07) is 0. The van der Waals surface area contributed by atoms with Crippen molar-refractivity contribution in [3.05, 3.63) is 22.4 Å². The number of ether oxygens (including phenoxy) is 1. The summed E-state index contributed by atoms with van der Waals surface area (Å²) in [4.78, 5) is 11.1. The summed E-state index contributed by atoms with van der Waals surface area (Å²) >= 11 is 5.47. The lowest BCUT2D eigenvalue weighted by Crippen LogP contribution is -2.26. The third-order valence-electron chi connectivity index (χ3n) is 2.05. The van der Waals surface area contributed by atoms with Crippen LogP contribution in [0.25, 0.3) is 0 Å². The largest absolute Gasteiger partial charge is 0.512 e. The summed E-state index contributed by atoms with van der Waals surface area (Å²) in [7, 11) is 0. The van der Waals surface area contributed by atoms with Crippen molar-refractivity contribution in [1.29, 1.82) is 0 Å².